The highest BCUT2D eigenvalue weighted by Gasteiger charge is 2.37. The van der Waals surface area contributed by atoms with Gasteiger partial charge in [0.05, 0.1) is 11.5 Å². The minimum atomic E-state index is -4.45. The van der Waals surface area contributed by atoms with Gasteiger partial charge in [0.15, 0.2) is 0 Å². The third-order valence-corrected chi connectivity index (χ3v) is 5.25. The monoisotopic (exact) mass is 370 g/mol. The number of nitrogens with one attached hydrogen (secondary N) is 1. The molecule has 0 bridgehead atoms. The highest BCUT2D eigenvalue weighted by molar-refractivity contribution is 5.80. The number of likely N-dealkylation sites (tertiary alicyclic amines) is 1. The largest absolute Gasteiger partial charge is 0.419 e. The van der Waals surface area contributed by atoms with Crippen LogP contribution in [0.3, 0.4) is 0 Å². The van der Waals surface area contributed by atoms with Crippen molar-refractivity contribution in [2.24, 2.45) is 5.92 Å². The molecule has 2 aliphatic rings. The molecule has 5 nitrogen and oxygen atoms in total. The lowest BCUT2D eigenvalue weighted by Gasteiger charge is -2.35. The third kappa shape index (κ3) is 4.47. The van der Waals surface area contributed by atoms with E-state index in [0.29, 0.717) is 19.4 Å². The number of halogens is 3. The molecule has 8 heteroatoms. The first-order chi connectivity index (χ1) is 12.3. The lowest BCUT2D eigenvalue weighted by molar-refractivity contribution is -0.137. The number of aromatic nitrogens is 1. The molecule has 1 unspecified atom stereocenters. The van der Waals surface area contributed by atoms with E-state index in [0.717, 1.165) is 32.0 Å². The smallest absolute Gasteiger partial charge is 0.355 e. The molecule has 3 heterocycles. The maximum Gasteiger partial charge on any atom is 0.419 e. The van der Waals surface area contributed by atoms with Crippen molar-refractivity contribution in [2.45, 2.75) is 37.9 Å². The van der Waals surface area contributed by atoms with Crippen LogP contribution in [0, 0.1) is 5.92 Å². The predicted molar refractivity (Wildman–Crippen MR) is 92.8 cm³/mol. The summed E-state index contributed by atoms with van der Waals surface area (Å²) < 4.78 is 39.7. The zero-order valence-corrected chi connectivity index (χ0v) is 14.9. The summed E-state index contributed by atoms with van der Waals surface area (Å²) in [6.07, 6.45) is 0.122. The van der Waals surface area contributed by atoms with Gasteiger partial charge in [0.25, 0.3) is 0 Å². The third-order valence-electron chi connectivity index (χ3n) is 5.25. The lowest BCUT2D eigenvalue weighted by Crippen LogP contribution is -2.49. The van der Waals surface area contributed by atoms with Gasteiger partial charge in [-0.2, -0.15) is 13.2 Å². The van der Waals surface area contributed by atoms with Crippen LogP contribution in [-0.2, 0) is 11.0 Å². The van der Waals surface area contributed by atoms with Crippen molar-refractivity contribution in [3.05, 3.63) is 23.9 Å². The molecular formula is C18H25F3N4O. The number of hydrogen-bond acceptors (Lipinski definition) is 4. The molecule has 1 aromatic rings. The summed E-state index contributed by atoms with van der Waals surface area (Å²) in [5.41, 5.74) is -0.739. The van der Waals surface area contributed by atoms with Crippen molar-refractivity contribution in [2.75, 3.05) is 38.1 Å². The standard InChI is InChI=1S/C18H25F3N4O/c1-24-10-6-14(7-11-24)23-17(26)13-4-3-9-25(12-13)16-15(18(19,20)21)5-2-8-22-16/h2,5,8,13-14H,3-4,6-7,9-12H2,1H3,(H,23,26). The molecule has 3 rings (SSSR count). The quantitative estimate of drug-likeness (QED) is 0.888. The van der Waals surface area contributed by atoms with E-state index in [4.69, 9.17) is 0 Å². The van der Waals surface area contributed by atoms with E-state index in [1.165, 1.54) is 12.3 Å². The zero-order valence-electron chi connectivity index (χ0n) is 14.9. The van der Waals surface area contributed by atoms with Crippen LogP contribution in [-0.4, -0.2) is 55.1 Å². The number of nitrogens with zero attached hydrogens (tertiary/aromatic N) is 3. The van der Waals surface area contributed by atoms with Crippen molar-refractivity contribution in [1.82, 2.24) is 15.2 Å². The average Bonchev–Trinajstić information content (AvgIpc) is 2.63. The summed E-state index contributed by atoms with van der Waals surface area (Å²) in [7, 11) is 2.06. The van der Waals surface area contributed by atoms with Gasteiger partial charge in [-0.3, -0.25) is 4.79 Å². The molecule has 26 heavy (non-hydrogen) atoms. The summed E-state index contributed by atoms with van der Waals surface area (Å²) in [6, 6.07) is 2.50. The number of carbonyl (C=O) groups excluding carboxylic acids is 1. The fourth-order valence-corrected chi connectivity index (χ4v) is 3.73. The van der Waals surface area contributed by atoms with Crippen LogP contribution < -0.4 is 10.2 Å². The Balaban J connectivity index is 1.65. The number of carbonyl (C=O) groups is 1. The van der Waals surface area contributed by atoms with Crippen LogP contribution in [0.2, 0.25) is 0 Å². The van der Waals surface area contributed by atoms with E-state index in [-0.39, 0.29) is 30.2 Å². The van der Waals surface area contributed by atoms with Crippen LogP contribution in [0.25, 0.3) is 0 Å². The Morgan fingerprint density at radius 2 is 1.96 bits per heavy atom. The predicted octanol–water partition coefficient (Wildman–Crippen LogP) is 2.53. The Morgan fingerprint density at radius 1 is 1.23 bits per heavy atom. The van der Waals surface area contributed by atoms with Crippen LogP contribution in [0.5, 0.6) is 0 Å². The van der Waals surface area contributed by atoms with Gasteiger partial charge < -0.3 is 15.1 Å². The van der Waals surface area contributed by atoms with Gasteiger partial charge in [0.2, 0.25) is 5.91 Å². The van der Waals surface area contributed by atoms with Crippen LogP contribution >= 0.6 is 0 Å². The zero-order chi connectivity index (χ0) is 18.7. The number of pyridine rings is 1. The van der Waals surface area contributed by atoms with Crippen molar-refractivity contribution in [1.29, 1.82) is 0 Å². The fourth-order valence-electron chi connectivity index (χ4n) is 3.73. The Bertz CT molecular complexity index is 629. The molecule has 0 radical (unpaired) electrons. The molecule has 0 aliphatic carbocycles. The number of alkyl halides is 3. The van der Waals surface area contributed by atoms with E-state index >= 15 is 0 Å². The highest BCUT2D eigenvalue weighted by Crippen LogP contribution is 2.36. The van der Waals surface area contributed by atoms with Gasteiger partial charge in [-0.05, 0) is 58.0 Å². The highest BCUT2D eigenvalue weighted by atomic mass is 19.4. The Hall–Kier alpha value is -1.83. The summed E-state index contributed by atoms with van der Waals surface area (Å²) >= 11 is 0. The second-order valence-corrected chi connectivity index (χ2v) is 7.24. The van der Waals surface area contributed by atoms with Gasteiger partial charge >= 0.3 is 6.18 Å². The van der Waals surface area contributed by atoms with E-state index in [2.05, 4.69) is 22.2 Å². The minimum Gasteiger partial charge on any atom is -0.355 e. The van der Waals surface area contributed by atoms with E-state index in [9.17, 15) is 18.0 Å². The minimum absolute atomic E-state index is 0.0475. The second-order valence-electron chi connectivity index (χ2n) is 7.24. The van der Waals surface area contributed by atoms with Gasteiger partial charge in [0.1, 0.15) is 5.82 Å². The maximum absolute atomic E-state index is 13.2. The number of amides is 1. The van der Waals surface area contributed by atoms with E-state index < -0.39 is 11.7 Å². The SMILES string of the molecule is CN1CCC(NC(=O)C2CCCN(c3ncccc3C(F)(F)F)C2)CC1. The Kier molecular flexibility index (Phi) is 5.70. The summed E-state index contributed by atoms with van der Waals surface area (Å²) in [6.45, 7) is 2.66. The van der Waals surface area contributed by atoms with Crippen LogP contribution in [0.15, 0.2) is 18.3 Å². The molecule has 144 valence electrons. The number of piperidine rings is 2. The maximum atomic E-state index is 13.2. The molecule has 0 saturated carbocycles. The molecule has 1 N–H and O–H groups in total. The molecule has 1 amide bonds. The topological polar surface area (TPSA) is 48.5 Å². The molecule has 0 spiro atoms. The molecule has 2 fully saturated rings. The summed E-state index contributed by atoms with van der Waals surface area (Å²) in [4.78, 5) is 20.4. The van der Waals surface area contributed by atoms with E-state index in [1.807, 2.05) is 0 Å². The second kappa shape index (κ2) is 7.82. The van der Waals surface area contributed by atoms with Gasteiger partial charge in [-0.15, -0.1) is 0 Å². The summed E-state index contributed by atoms with van der Waals surface area (Å²) in [5, 5.41) is 3.09. The normalized spacial score (nSPS) is 23.1. The first-order valence-electron chi connectivity index (χ1n) is 9.10. The van der Waals surface area contributed by atoms with Gasteiger partial charge in [-0.25, -0.2) is 4.98 Å². The van der Waals surface area contributed by atoms with Crippen molar-refractivity contribution in [3.63, 3.8) is 0 Å². The van der Waals surface area contributed by atoms with Crippen molar-refractivity contribution in [3.8, 4) is 0 Å². The Morgan fingerprint density at radius 3 is 2.65 bits per heavy atom. The van der Waals surface area contributed by atoms with Gasteiger partial charge in [-0.1, -0.05) is 0 Å². The van der Waals surface area contributed by atoms with Crippen molar-refractivity contribution < 1.29 is 18.0 Å². The lowest BCUT2D eigenvalue weighted by atomic mass is 9.95. The first-order valence-corrected chi connectivity index (χ1v) is 9.10. The van der Waals surface area contributed by atoms with Gasteiger partial charge in [0, 0.05) is 25.3 Å². The number of anilines is 1. The van der Waals surface area contributed by atoms with Crippen LogP contribution in [0.4, 0.5) is 19.0 Å². The molecule has 1 aromatic heterocycles. The Labute approximate surface area is 151 Å². The van der Waals surface area contributed by atoms with Crippen LogP contribution in [0.1, 0.15) is 31.2 Å². The van der Waals surface area contributed by atoms with E-state index in [1.54, 1.807) is 4.90 Å². The average molecular weight is 370 g/mol. The molecule has 1 atom stereocenters. The first kappa shape index (κ1) is 18.9. The molecule has 0 aromatic carbocycles. The molecular weight excluding hydrogens is 345 g/mol. The molecule has 2 saturated heterocycles. The number of rotatable bonds is 3. The molecule has 2 aliphatic heterocycles. The fraction of sp³-hybridized carbons (Fsp3) is 0.667. The number of hydrogen-bond donors (Lipinski definition) is 1. The van der Waals surface area contributed by atoms with Crippen molar-refractivity contribution >= 4 is 11.7 Å². The summed E-state index contributed by atoms with van der Waals surface area (Å²) in [5.74, 6) is -0.419.